The molecular formula is C66H60N6O8S2. The molecule has 2 aliphatic heterocycles. The summed E-state index contributed by atoms with van der Waals surface area (Å²) in [7, 11) is 0. The Kier molecular flexibility index (Phi) is 17.8. The maximum Gasteiger partial charge on any atom is 0.511 e. The van der Waals surface area contributed by atoms with Crippen molar-refractivity contribution in [3.05, 3.63) is 274 Å². The lowest BCUT2D eigenvalue weighted by molar-refractivity contribution is -0.169. The lowest BCUT2D eigenvalue weighted by Crippen LogP contribution is -2.71. The van der Waals surface area contributed by atoms with Crippen molar-refractivity contribution in [1.82, 2.24) is 20.2 Å². The van der Waals surface area contributed by atoms with Crippen molar-refractivity contribution in [2.75, 3.05) is 17.7 Å². The smallest absolute Gasteiger partial charge is 0.434 e. The van der Waals surface area contributed by atoms with Crippen LogP contribution in [0.3, 0.4) is 0 Å². The van der Waals surface area contributed by atoms with E-state index in [1.165, 1.54) is 34.9 Å². The highest BCUT2D eigenvalue weighted by Gasteiger charge is 2.55. The summed E-state index contributed by atoms with van der Waals surface area (Å²) in [6.07, 6.45) is 5.95. The second kappa shape index (κ2) is 26.0. The number of amides is 2. The van der Waals surface area contributed by atoms with Gasteiger partial charge >= 0.3 is 12.1 Å². The second-order valence-corrected chi connectivity index (χ2v) is 21.9. The number of thiazole rings is 1. The second-order valence-electron chi connectivity index (χ2n) is 19.9. The first-order valence-electron chi connectivity index (χ1n) is 27.0. The fraction of sp³-hybridized carbons (Fsp3) is 0.197. The number of fused-ring (bicyclic) bond motifs is 1. The number of nitrogens with zero attached hydrogens (tertiary/aromatic N) is 4. The van der Waals surface area contributed by atoms with Crippen molar-refractivity contribution in [2.45, 2.75) is 62.5 Å². The van der Waals surface area contributed by atoms with Crippen LogP contribution >= 0.6 is 23.1 Å². The van der Waals surface area contributed by atoms with Gasteiger partial charge in [-0.15, -0.1) is 23.1 Å². The van der Waals surface area contributed by atoms with Crippen molar-refractivity contribution >= 4 is 64.0 Å². The Bertz CT molecular complexity index is 3360. The standard InChI is InChI=1S/C66H60N6O8S2/c1-45(2)24-23-41-77-64(76)79-46(3)78-62(75)58-48(39-38-47-25-22-40-67-42-47)43-81-61-57(60(74)72(58)61)69-59(73)56(71-80-66(52-32-16-7-17-33-52,53-34-18-8-19-35-53)54-36-20-9-21-37-54)55-44-82-63(68-55)70-65(49-26-10-4-11-27-49,50-28-12-5-13-29-50)51-30-14-6-15-31-51/h4-22,25-40,42,44-46,57,61H,23-24,41,43H2,1-3H3,(H,68,70)(H,69,73)/b39-38-,71-56?/t46?,57-,61+/m1/s1. The van der Waals surface area contributed by atoms with Gasteiger partial charge in [0.15, 0.2) is 10.8 Å². The lowest BCUT2D eigenvalue weighted by atomic mass is 9.77. The summed E-state index contributed by atoms with van der Waals surface area (Å²) < 4.78 is 16.2. The van der Waals surface area contributed by atoms with E-state index in [-0.39, 0.29) is 29.5 Å². The molecule has 8 aromatic rings. The molecule has 2 aliphatic rings. The van der Waals surface area contributed by atoms with E-state index in [9.17, 15) is 14.4 Å². The summed E-state index contributed by atoms with van der Waals surface area (Å²) in [6, 6.07) is 61.7. The number of pyridine rings is 1. The molecule has 0 saturated carbocycles. The highest BCUT2D eigenvalue weighted by molar-refractivity contribution is 8.00. The Morgan fingerprint density at radius 3 is 1.76 bits per heavy atom. The van der Waals surface area contributed by atoms with Gasteiger partial charge in [-0.25, -0.2) is 14.6 Å². The van der Waals surface area contributed by atoms with Crippen LogP contribution in [-0.4, -0.2) is 74.6 Å². The molecule has 1 unspecified atom stereocenters. The summed E-state index contributed by atoms with van der Waals surface area (Å²) in [5.41, 5.74) is 3.77. The highest BCUT2D eigenvalue weighted by Crippen LogP contribution is 2.44. The Labute approximate surface area is 484 Å². The van der Waals surface area contributed by atoms with Crippen molar-refractivity contribution in [2.24, 2.45) is 11.1 Å². The number of aromatic nitrogens is 2. The molecule has 2 aromatic heterocycles. The van der Waals surface area contributed by atoms with Gasteiger partial charge in [0.1, 0.15) is 28.3 Å². The molecular weight excluding hydrogens is 1070 g/mol. The number of benzene rings is 6. The minimum atomic E-state index is -1.40. The maximum atomic E-state index is 15.4. The molecule has 1 saturated heterocycles. The topological polar surface area (TPSA) is 171 Å². The van der Waals surface area contributed by atoms with Gasteiger partial charge in [0, 0.05) is 47.1 Å². The SMILES string of the molecule is CC(C)CCCOC(=O)OC(C)OC(=O)C1=C(/C=C\c2cccnc2)CS[C@H]2[C@H](NC(=O)C(=NOC(c3ccccc3)(c3ccccc3)c3ccccc3)c3csc(NC(c4ccccc4)(c4ccccc4)c4ccccc4)n3)C(=O)N12. The van der Waals surface area contributed by atoms with E-state index in [0.29, 0.717) is 23.0 Å². The molecule has 414 valence electrons. The van der Waals surface area contributed by atoms with Crippen LogP contribution in [0.5, 0.6) is 0 Å². The zero-order valence-electron chi connectivity index (χ0n) is 45.4. The van der Waals surface area contributed by atoms with Gasteiger partial charge in [-0.3, -0.25) is 19.5 Å². The number of hydrogen-bond donors (Lipinski definition) is 2. The van der Waals surface area contributed by atoms with Crippen molar-refractivity contribution in [1.29, 1.82) is 0 Å². The third-order valence-corrected chi connectivity index (χ3v) is 16.1. The summed E-state index contributed by atoms with van der Waals surface area (Å²) >= 11 is 2.63. The fourth-order valence-electron chi connectivity index (χ4n) is 10.1. The van der Waals surface area contributed by atoms with Gasteiger partial charge in [0.2, 0.25) is 11.9 Å². The van der Waals surface area contributed by atoms with Crippen molar-refractivity contribution in [3.63, 3.8) is 0 Å². The highest BCUT2D eigenvalue weighted by atomic mass is 32.2. The molecule has 0 spiro atoms. The fourth-order valence-corrected chi connectivity index (χ4v) is 12.1. The molecule has 16 heteroatoms. The van der Waals surface area contributed by atoms with E-state index in [1.807, 2.05) is 152 Å². The number of carbonyl (C=O) groups excluding carboxylic acids is 4. The van der Waals surface area contributed by atoms with E-state index in [1.54, 1.807) is 36.0 Å². The van der Waals surface area contributed by atoms with Gasteiger partial charge < -0.3 is 29.7 Å². The summed E-state index contributed by atoms with van der Waals surface area (Å²) in [4.78, 5) is 74.7. The Hall–Kier alpha value is -9.12. The Morgan fingerprint density at radius 2 is 1.24 bits per heavy atom. The number of nitrogens with one attached hydrogen (secondary N) is 2. The van der Waals surface area contributed by atoms with Crippen LogP contribution in [0.2, 0.25) is 0 Å². The number of allylic oxidation sites excluding steroid dienone is 1. The number of β-lactam (4-membered cyclic amide) rings is 1. The Balaban J connectivity index is 1.02. The predicted octanol–water partition coefficient (Wildman–Crippen LogP) is 12.5. The van der Waals surface area contributed by atoms with E-state index in [4.69, 9.17) is 29.2 Å². The van der Waals surface area contributed by atoms with Crippen LogP contribution in [0, 0.1) is 5.92 Å². The van der Waals surface area contributed by atoms with Crippen LogP contribution in [0.1, 0.15) is 78.3 Å². The maximum absolute atomic E-state index is 15.4. The van der Waals surface area contributed by atoms with Gasteiger partial charge in [-0.05, 0) is 52.7 Å². The number of carbonyl (C=O) groups is 4. The zero-order valence-corrected chi connectivity index (χ0v) is 47.0. The first kappa shape index (κ1) is 56.2. The van der Waals surface area contributed by atoms with E-state index in [0.717, 1.165) is 45.4 Å². The van der Waals surface area contributed by atoms with Crippen LogP contribution in [-0.2, 0) is 44.6 Å². The van der Waals surface area contributed by atoms with E-state index in [2.05, 4.69) is 65.9 Å². The van der Waals surface area contributed by atoms with Gasteiger partial charge in [-0.1, -0.05) is 219 Å². The van der Waals surface area contributed by atoms with Gasteiger partial charge in [0.25, 0.3) is 11.8 Å². The minimum Gasteiger partial charge on any atom is -0.434 e. The molecule has 1 fully saturated rings. The van der Waals surface area contributed by atoms with Crippen LogP contribution in [0.25, 0.3) is 6.08 Å². The number of anilines is 1. The number of rotatable bonds is 22. The van der Waals surface area contributed by atoms with Crippen LogP contribution < -0.4 is 10.6 Å². The summed E-state index contributed by atoms with van der Waals surface area (Å²) in [5.74, 6) is -1.60. The monoisotopic (exact) mass is 1130 g/mol. The molecule has 6 aromatic carbocycles. The molecule has 2 N–H and O–H groups in total. The number of ether oxygens (including phenoxy) is 3. The normalized spacial score (nSPS) is 15.7. The number of hydrogen-bond acceptors (Lipinski definition) is 14. The molecule has 3 atom stereocenters. The summed E-state index contributed by atoms with van der Waals surface area (Å²) in [5, 5.41) is 13.1. The molecule has 4 heterocycles. The molecule has 82 heavy (non-hydrogen) atoms. The molecule has 2 amide bonds. The van der Waals surface area contributed by atoms with Crippen molar-refractivity contribution in [3.8, 4) is 0 Å². The average Bonchev–Trinajstić information content (AvgIpc) is 1.65. The zero-order chi connectivity index (χ0) is 56.9. The van der Waals surface area contributed by atoms with Gasteiger partial charge in [-0.2, -0.15) is 0 Å². The average molecular weight is 1130 g/mol. The minimum absolute atomic E-state index is 0.0651. The van der Waals surface area contributed by atoms with E-state index < -0.39 is 52.8 Å². The first-order chi connectivity index (χ1) is 40.0. The number of esters is 1. The number of thioether (sulfide) groups is 1. The van der Waals surface area contributed by atoms with Crippen molar-refractivity contribution < 1.29 is 38.2 Å². The van der Waals surface area contributed by atoms with Gasteiger partial charge in [0.05, 0.1) is 6.61 Å². The van der Waals surface area contributed by atoms with Crippen LogP contribution in [0.4, 0.5) is 9.93 Å². The Morgan fingerprint density at radius 1 is 0.707 bits per heavy atom. The third kappa shape index (κ3) is 12.3. The third-order valence-electron chi connectivity index (χ3n) is 14.0. The largest absolute Gasteiger partial charge is 0.511 e. The molecule has 14 nitrogen and oxygen atoms in total. The molecule has 0 bridgehead atoms. The molecule has 0 radical (unpaired) electrons. The first-order valence-corrected chi connectivity index (χ1v) is 28.9. The lowest BCUT2D eigenvalue weighted by Gasteiger charge is -2.49. The predicted molar refractivity (Wildman–Crippen MR) is 319 cm³/mol. The van der Waals surface area contributed by atoms with E-state index >= 15 is 4.79 Å². The quantitative estimate of drug-likeness (QED) is 0.0125. The number of oxime groups is 1. The summed E-state index contributed by atoms with van der Waals surface area (Å²) in [6.45, 7) is 5.68. The molecule has 10 rings (SSSR count). The van der Waals surface area contributed by atoms with Crippen LogP contribution in [0.15, 0.2) is 234 Å². The molecule has 0 aliphatic carbocycles.